The van der Waals surface area contributed by atoms with Crippen molar-refractivity contribution in [3.05, 3.63) is 39.3 Å². The van der Waals surface area contributed by atoms with E-state index in [9.17, 15) is 0 Å². The van der Waals surface area contributed by atoms with E-state index in [1.54, 1.807) is 0 Å². The van der Waals surface area contributed by atoms with Gasteiger partial charge in [-0.25, -0.2) is 0 Å². The van der Waals surface area contributed by atoms with E-state index in [0.29, 0.717) is 6.04 Å². The van der Waals surface area contributed by atoms with Gasteiger partial charge in [-0.1, -0.05) is 36.7 Å². The molecule has 1 aromatic rings. The van der Waals surface area contributed by atoms with E-state index >= 15 is 0 Å². The highest BCUT2D eigenvalue weighted by atomic mass is 79.9. The van der Waals surface area contributed by atoms with Crippen molar-refractivity contribution in [3.63, 3.8) is 0 Å². The van der Waals surface area contributed by atoms with Crippen LogP contribution in [0.2, 0.25) is 5.02 Å². The average molecular weight is 303 g/mol. The molecule has 1 nitrogen and oxygen atoms in total. The van der Waals surface area contributed by atoms with E-state index < -0.39 is 0 Å². The maximum Gasteiger partial charge on any atom is 0.0554 e. The summed E-state index contributed by atoms with van der Waals surface area (Å²) >= 11 is 9.39. The summed E-state index contributed by atoms with van der Waals surface area (Å²) in [6.45, 7) is 5.36. The molecule has 0 fully saturated rings. The molecule has 0 aliphatic rings. The Morgan fingerprint density at radius 2 is 2.25 bits per heavy atom. The Morgan fingerprint density at radius 1 is 1.50 bits per heavy atom. The minimum Gasteiger partial charge on any atom is -0.311 e. The summed E-state index contributed by atoms with van der Waals surface area (Å²) in [6.07, 6.45) is 5.39. The van der Waals surface area contributed by atoms with Crippen molar-refractivity contribution < 1.29 is 0 Å². The number of nitrogens with one attached hydrogen (secondary N) is 1. The summed E-state index contributed by atoms with van der Waals surface area (Å²) in [5, 5.41) is 4.15. The van der Waals surface area contributed by atoms with Crippen molar-refractivity contribution in [3.8, 4) is 0 Å². The zero-order valence-corrected chi connectivity index (χ0v) is 12.0. The van der Waals surface area contributed by atoms with Crippen molar-refractivity contribution >= 4 is 33.6 Å². The molecule has 1 atom stereocenters. The first-order chi connectivity index (χ1) is 7.63. The lowest BCUT2D eigenvalue weighted by Gasteiger charge is -2.07. The van der Waals surface area contributed by atoms with Crippen LogP contribution in [-0.2, 0) is 0 Å². The van der Waals surface area contributed by atoms with Gasteiger partial charge >= 0.3 is 0 Å². The van der Waals surface area contributed by atoms with Gasteiger partial charge in [0.1, 0.15) is 0 Å². The number of rotatable bonds is 5. The van der Waals surface area contributed by atoms with Gasteiger partial charge in [0.15, 0.2) is 0 Å². The molecule has 0 spiro atoms. The van der Waals surface area contributed by atoms with Crippen LogP contribution < -0.4 is 5.32 Å². The lowest BCUT2D eigenvalue weighted by molar-refractivity contribution is 0.625. The predicted molar refractivity (Wildman–Crippen MR) is 75.9 cm³/mol. The highest BCUT2D eigenvalue weighted by Crippen LogP contribution is 2.23. The maximum absolute atomic E-state index is 6.02. The van der Waals surface area contributed by atoms with Gasteiger partial charge < -0.3 is 5.32 Å². The summed E-state index contributed by atoms with van der Waals surface area (Å²) < 4.78 is 0.934. The summed E-state index contributed by atoms with van der Waals surface area (Å²) in [5.41, 5.74) is 1.12. The highest BCUT2D eigenvalue weighted by Gasteiger charge is 1.97. The van der Waals surface area contributed by atoms with Crippen LogP contribution in [0.1, 0.15) is 25.8 Å². The molecule has 16 heavy (non-hydrogen) atoms. The van der Waals surface area contributed by atoms with Gasteiger partial charge in [-0.3, -0.25) is 0 Å². The molecule has 1 rings (SSSR count). The highest BCUT2D eigenvalue weighted by molar-refractivity contribution is 9.10. The second-order valence-corrected chi connectivity index (χ2v) is 5.04. The Morgan fingerprint density at radius 3 is 2.88 bits per heavy atom. The smallest absolute Gasteiger partial charge is 0.0554 e. The molecule has 1 N–H and O–H groups in total. The Hall–Kier alpha value is -0.310. The van der Waals surface area contributed by atoms with E-state index in [0.717, 1.165) is 28.0 Å². The Labute approximate surface area is 111 Å². The van der Waals surface area contributed by atoms with E-state index in [2.05, 4.69) is 47.2 Å². The van der Waals surface area contributed by atoms with Crippen molar-refractivity contribution in [2.45, 2.75) is 26.3 Å². The van der Waals surface area contributed by atoms with Gasteiger partial charge in [-0.2, -0.15) is 0 Å². The lowest BCUT2D eigenvalue weighted by atomic mass is 10.2. The molecule has 1 unspecified atom stereocenters. The fraction of sp³-hybridized carbons (Fsp3) is 0.385. The second kappa shape index (κ2) is 7.10. The summed E-state index contributed by atoms with van der Waals surface area (Å²) in [7, 11) is 0. The molecule has 3 heteroatoms. The molecule has 1 aromatic carbocycles. The normalized spacial score (nSPS) is 13.2. The molecule has 0 saturated carbocycles. The van der Waals surface area contributed by atoms with Gasteiger partial charge in [0.05, 0.1) is 5.02 Å². The van der Waals surface area contributed by atoms with Gasteiger partial charge in [-0.15, -0.1) is 0 Å². The van der Waals surface area contributed by atoms with Crippen LogP contribution >= 0.6 is 27.5 Å². The summed E-state index contributed by atoms with van der Waals surface area (Å²) in [5.74, 6) is 0. The fourth-order valence-corrected chi connectivity index (χ4v) is 1.75. The van der Waals surface area contributed by atoms with Gasteiger partial charge in [0, 0.05) is 10.5 Å². The Balaban J connectivity index is 2.58. The van der Waals surface area contributed by atoms with Crippen LogP contribution in [-0.4, -0.2) is 12.6 Å². The first kappa shape index (κ1) is 13.8. The van der Waals surface area contributed by atoms with Crippen LogP contribution in [0.25, 0.3) is 6.08 Å². The SMILES string of the molecule is CCCNC(C)/C=C/c1ccc(Br)c(Cl)c1. The van der Waals surface area contributed by atoms with Crippen molar-refractivity contribution in [2.24, 2.45) is 0 Å². The van der Waals surface area contributed by atoms with Crippen LogP contribution in [0, 0.1) is 0 Å². The zero-order valence-electron chi connectivity index (χ0n) is 9.63. The van der Waals surface area contributed by atoms with Gasteiger partial charge in [-0.05, 0) is 53.5 Å². The third-order valence-corrected chi connectivity index (χ3v) is 3.47. The third-order valence-electron chi connectivity index (χ3n) is 2.24. The molecule has 0 aliphatic heterocycles. The number of halogens is 2. The summed E-state index contributed by atoms with van der Waals surface area (Å²) in [6, 6.07) is 6.35. The van der Waals surface area contributed by atoms with Crippen LogP contribution in [0.15, 0.2) is 28.7 Å². The Bertz CT molecular complexity index is 363. The van der Waals surface area contributed by atoms with E-state index in [1.165, 1.54) is 0 Å². The minimum atomic E-state index is 0.391. The minimum absolute atomic E-state index is 0.391. The lowest BCUT2D eigenvalue weighted by Crippen LogP contribution is -2.24. The largest absolute Gasteiger partial charge is 0.311 e. The topological polar surface area (TPSA) is 12.0 Å². The van der Waals surface area contributed by atoms with Crippen molar-refractivity contribution in [1.82, 2.24) is 5.32 Å². The third kappa shape index (κ3) is 4.69. The number of hydrogen-bond donors (Lipinski definition) is 1. The second-order valence-electron chi connectivity index (χ2n) is 3.78. The van der Waals surface area contributed by atoms with E-state index in [1.807, 2.05) is 18.2 Å². The van der Waals surface area contributed by atoms with Crippen molar-refractivity contribution in [1.29, 1.82) is 0 Å². The van der Waals surface area contributed by atoms with Crippen LogP contribution in [0.4, 0.5) is 0 Å². The molecule has 0 aromatic heterocycles. The molecule has 0 radical (unpaired) electrons. The van der Waals surface area contributed by atoms with Gasteiger partial charge in [0.2, 0.25) is 0 Å². The molecule has 0 bridgehead atoms. The number of hydrogen-bond acceptors (Lipinski definition) is 1. The van der Waals surface area contributed by atoms with E-state index in [4.69, 9.17) is 11.6 Å². The quantitative estimate of drug-likeness (QED) is 0.844. The van der Waals surface area contributed by atoms with Crippen LogP contribution in [0.5, 0.6) is 0 Å². The molecule has 0 saturated heterocycles. The standard InChI is InChI=1S/C13H17BrClN/c1-3-8-16-10(2)4-5-11-6-7-12(14)13(15)9-11/h4-7,9-10,16H,3,8H2,1-2H3/b5-4+. The summed E-state index contributed by atoms with van der Waals surface area (Å²) in [4.78, 5) is 0. The zero-order chi connectivity index (χ0) is 12.0. The average Bonchev–Trinajstić information content (AvgIpc) is 2.28. The van der Waals surface area contributed by atoms with E-state index in [-0.39, 0.29) is 0 Å². The van der Waals surface area contributed by atoms with Crippen molar-refractivity contribution in [2.75, 3.05) is 6.54 Å². The van der Waals surface area contributed by atoms with Crippen LogP contribution in [0.3, 0.4) is 0 Å². The molecule has 0 heterocycles. The predicted octanol–water partition coefficient (Wildman–Crippen LogP) is 4.50. The molecule has 88 valence electrons. The fourth-order valence-electron chi connectivity index (χ4n) is 1.31. The molecule has 0 amide bonds. The molecule has 0 aliphatic carbocycles. The van der Waals surface area contributed by atoms with Gasteiger partial charge in [0.25, 0.3) is 0 Å². The molecular weight excluding hydrogens is 286 g/mol. The number of benzene rings is 1. The molecular formula is C13H17BrClN. The Kier molecular flexibility index (Phi) is 6.10. The maximum atomic E-state index is 6.02. The first-order valence-electron chi connectivity index (χ1n) is 5.50. The monoisotopic (exact) mass is 301 g/mol. The first-order valence-corrected chi connectivity index (χ1v) is 6.67.